The Hall–Kier alpha value is -1.88. The van der Waals surface area contributed by atoms with Gasteiger partial charge in [-0.3, -0.25) is 0 Å². The van der Waals surface area contributed by atoms with Gasteiger partial charge < -0.3 is 14.6 Å². The minimum Gasteiger partial charge on any atom is -0.392 e. The zero-order chi connectivity index (χ0) is 13.1. The van der Waals surface area contributed by atoms with E-state index in [1.165, 1.54) is 0 Å². The number of hydrogen-bond acceptors (Lipinski definition) is 4. The zero-order valence-electron chi connectivity index (χ0n) is 11.0. The maximum Gasteiger partial charge on any atom is 0.131 e. The van der Waals surface area contributed by atoms with E-state index in [9.17, 15) is 0 Å². The van der Waals surface area contributed by atoms with Crippen LogP contribution >= 0.6 is 0 Å². The quantitative estimate of drug-likeness (QED) is 0.882. The summed E-state index contributed by atoms with van der Waals surface area (Å²) in [5, 5.41) is 9.07. The van der Waals surface area contributed by atoms with Crippen LogP contribution in [0, 0.1) is 6.92 Å². The summed E-state index contributed by atoms with van der Waals surface area (Å²) in [4.78, 5) is 10.7. The van der Waals surface area contributed by atoms with Gasteiger partial charge in [-0.1, -0.05) is 0 Å². The van der Waals surface area contributed by atoms with Crippen LogP contribution in [-0.4, -0.2) is 26.7 Å². The van der Waals surface area contributed by atoms with Crippen molar-refractivity contribution in [1.29, 1.82) is 0 Å². The van der Waals surface area contributed by atoms with Crippen molar-refractivity contribution in [3.8, 4) is 0 Å². The Labute approximate surface area is 107 Å². The molecule has 18 heavy (non-hydrogen) atoms. The van der Waals surface area contributed by atoms with Gasteiger partial charge in [0.2, 0.25) is 0 Å². The predicted molar refractivity (Wildman–Crippen MR) is 70.2 cm³/mol. The third-order valence-electron chi connectivity index (χ3n) is 2.95. The van der Waals surface area contributed by atoms with Crippen LogP contribution in [0.15, 0.2) is 24.7 Å². The van der Waals surface area contributed by atoms with Crippen LogP contribution in [0.25, 0.3) is 0 Å². The van der Waals surface area contributed by atoms with E-state index >= 15 is 0 Å². The first kappa shape index (κ1) is 12.6. The van der Waals surface area contributed by atoms with Gasteiger partial charge in [-0.25, -0.2) is 9.97 Å². The second-order valence-corrected chi connectivity index (χ2v) is 4.45. The monoisotopic (exact) mass is 246 g/mol. The van der Waals surface area contributed by atoms with Gasteiger partial charge in [0.25, 0.3) is 0 Å². The van der Waals surface area contributed by atoms with E-state index in [0.717, 1.165) is 22.8 Å². The highest BCUT2D eigenvalue weighted by Gasteiger charge is 2.09. The number of pyridine rings is 1. The number of aliphatic hydroxyl groups is 1. The Morgan fingerprint density at radius 1 is 1.39 bits per heavy atom. The number of hydrogen-bond donors (Lipinski definition) is 1. The molecule has 0 fully saturated rings. The smallest absolute Gasteiger partial charge is 0.131 e. The second kappa shape index (κ2) is 5.18. The van der Waals surface area contributed by atoms with Crippen LogP contribution in [-0.2, 0) is 20.2 Å². The Bertz CT molecular complexity index is 536. The van der Waals surface area contributed by atoms with Crippen LogP contribution in [0.1, 0.15) is 17.0 Å². The van der Waals surface area contributed by atoms with Gasteiger partial charge in [0, 0.05) is 32.7 Å². The Balaban J connectivity index is 2.19. The molecular formula is C13H18N4O. The third kappa shape index (κ3) is 2.51. The highest BCUT2D eigenvalue weighted by Crippen LogP contribution is 2.18. The third-order valence-corrected chi connectivity index (χ3v) is 2.95. The van der Waals surface area contributed by atoms with Crippen molar-refractivity contribution in [3.63, 3.8) is 0 Å². The highest BCUT2D eigenvalue weighted by atomic mass is 16.3. The van der Waals surface area contributed by atoms with Gasteiger partial charge in [-0.15, -0.1) is 0 Å². The molecule has 0 unspecified atom stereocenters. The summed E-state index contributed by atoms with van der Waals surface area (Å²) >= 11 is 0. The summed E-state index contributed by atoms with van der Waals surface area (Å²) in [6, 6.07) is 1.96. The Kier molecular flexibility index (Phi) is 3.62. The first-order chi connectivity index (χ1) is 8.61. The van der Waals surface area contributed by atoms with Crippen molar-refractivity contribution in [2.75, 3.05) is 11.9 Å². The largest absolute Gasteiger partial charge is 0.392 e. The molecule has 2 heterocycles. The van der Waals surface area contributed by atoms with Crippen molar-refractivity contribution in [2.24, 2.45) is 7.05 Å². The molecule has 2 aromatic heterocycles. The van der Waals surface area contributed by atoms with Crippen molar-refractivity contribution < 1.29 is 5.11 Å². The molecule has 0 aliphatic carbocycles. The molecule has 0 radical (unpaired) electrons. The lowest BCUT2D eigenvalue weighted by Gasteiger charge is -2.20. The van der Waals surface area contributed by atoms with Crippen molar-refractivity contribution >= 4 is 5.82 Å². The summed E-state index contributed by atoms with van der Waals surface area (Å²) in [5.74, 6) is 1.90. The predicted octanol–water partition coefficient (Wildman–Crippen LogP) is 1.25. The molecule has 5 heteroatoms. The number of nitrogens with zero attached hydrogens (tertiary/aromatic N) is 4. The van der Waals surface area contributed by atoms with Crippen LogP contribution in [0.3, 0.4) is 0 Å². The number of aryl methyl sites for hydroxylation is 2. The average Bonchev–Trinajstić information content (AvgIpc) is 2.74. The molecule has 1 N–H and O–H groups in total. The molecule has 5 nitrogen and oxygen atoms in total. The summed E-state index contributed by atoms with van der Waals surface area (Å²) in [7, 11) is 3.97. The van der Waals surface area contributed by atoms with Gasteiger partial charge >= 0.3 is 0 Å². The Morgan fingerprint density at radius 2 is 2.17 bits per heavy atom. The normalized spacial score (nSPS) is 10.7. The number of anilines is 1. The van der Waals surface area contributed by atoms with Crippen molar-refractivity contribution in [1.82, 2.24) is 14.5 Å². The van der Waals surface area contributed by atoms with E-state index in [1.807, 2.05) is 37.8 Å². The van der Waals surface area contributed by atoms with Crippen LogP contribution in [0.5, 0.6) is 0 Å². The molecule has 0 saturated heterocycles. The minimum atomic E-state index is 0.0250. The Morgan fingerprint density at radius 3 is 2.72 bits per heavy atom. The van der Waals surface area contributed by atoms with Crippen LogP contribution < -0.4 is 4.90 Å². The highest BCUT2D eigenvalue weighted by molar-refractivity contribution is 5.46. The SMILES string of the molecule is Cc1cc(CO)cnc1N(C)Cc1nccn1C. The molecular weight excluding hydrogens is 228 g/mol. The number of imidazole rings is 1. The molecule has 0 aromatic carbocycles. The molecule has 0 spiro atoms. The van der Waals surface area contributed by atoms with Crippen molar-refractivity contribution in [3.05, 3.63) is 41.6 Å². The van der Waals surface area contributed by atoms with E-state index in [-0.39, 0.29) is 6.61 Å². The van der Waals surface area contributed by atoms with Gasteiger partial charge in [0.1, 0.15) is 11.6 Å². The lowest BCUT2D eigenvalue weighted by molar-refractivity contribution is 0.281. The molecule has 2 rings (SSSR count). The standard InChI is InChI=1S/C13H18N4O/c1-10-6-11(9-18)7-15-13(10)17(3)8-12-14-4-5-16(12)2/h4-7,18H,8-9H2,1-3H3. The van der Waals surface area contributed by atoms with E-state index in [2.05, 4.69) is 14.9 Å². The fourth-order valence-electron chi connectivity index (χ4n) is 1.95. The summed E-state index contributed by atoms with van der Waals surface area (Å²) in [5.41, 5.74) is 1.89. The lowest BCUT2D eigenvalue weighted by atomic mass is 10.2. The van der Waals surface area contributed by atoms with Crippen LogP contribution in [0.4, 0.5) is 5.82 Å². The van der Waals surface area contributed by atoms with E-state index in [0.29, 0.717) is 6.54 Å². The van der Waals surface area contributed by atoms with Crippen LogP contribution in [0.2, 0.25) is 0 Å². The number of aromatic nitrogens is 3. The molecule has 2 aromatic rings. The molecule has 0 aliphatic rings. The summed E-state index contributed by atoms with van der Waals surface area (Å²) in [6.45, 7) is 2.73. The summed E-state index contributed by atoms with van der Waals surface area (Å²) in [6.07, 6.45) is 5.42. The average molecular weight is 246 g/mol. The molecule has 96 valence electrons. The van der Waals surface area contributed by atoms with E-state index in [1.54, 1.807) is 12.4 Å². The van der Waals surface area contributed by atoms with Gasteiger partial charge in [0.15, 0.2) is 0 Å². The fourth-order valence-corrected chi connectivity index (χ4v) is 1.95. The van der Waals surface area contributed by atoms with E-state index < -0.39 is 0 Å². The molecule has 0 bridgehead atoms. The van der Waals surface area contributed by atoms with Gasteiger partial charge in [-0.05, 0) is 24.1 Å². The molecule has 0 atom stereocenters. The lowest BCUT2D eigenvalue weighted by Crippen LogP contribution is -2.21. The topological polar surface area (TPSA) is 54.2 Å². The molecule has 0 amide bonds. The second-order valence-electron chi connectivity index (χ2n) is 4.45. The summed E-state index contributed by atoms with van der Waals surface area (Å²) < 4.78 is 1.99. The maximum absolute atomic E-state index is 9.07. The molecule has 0 aliphatic heterocycles. The first-order valence-corrected chi connectivity index (χ1v) is 5.85. The maximum atomic E-state index is 9.07. The zero-order valence-corrected chi connectivity index (χ0v) is 11.0. The fraction of sp³-hybridized carbons (Fsp3) is 0.385. The van der Waals surface area contributed by atoms with Gasteiger partial charge in [0.05, 0.1) is 13.2 Å². The van der Waals surface area contributed by atoms with Gasteiger partial charge in [-0.2, -0.15) is 0 Å². The minimum absolute atomic E-state index is 0.0250. The van der Waals surface area contributed by atoms with Crippen molar-refractivity contribution in [2.45, 2.75) is 20.1 Å². The molecule has 0 saturated carbocycles. The number of rotatable bonds is 4. The van der Waals surface area contributed by atoms with E-state index in [4.69, 9.17) is 5.11 Å². The number of aliphatic hydroxyl groups excluding tert-OH is 1. The first-order valence-electron chi connectivity index (χ1n) is 5.85.